The number of ether oxygens (including phenoxy) is 1. The Labute approximate surface area is 199 Å². The number of amides is 2. The highest BCUT2D eigenvalue weighted by molar-refractivity contribution is 5.94. The van der Waals surface area contributed by atoms with Crippen LogP contribution < -0.4 is 16.4 Å². The van der Waals surface area contributed by atoms with Gasteiger partial charge in [-0.2, -0.15) is 0 Å². The van der Waals surface area contributed by atoms with Crippen LogP contribution in [0.3, 0.4) is 0 Å². The summed E-state index contributed by atoms with van der Waals surface area (Å²) < 4.78 is 47.2. The van der Waals surface area contributed by atoms with Crippen molar-refractivity contribution in [3.8, 4) is 11.1 Å². The zero-order valence-electron chi connectivity index (χ0n) is 18.6. The number of rotatable bonds is 7. The quantitative estimate of drug-likeness (QED) is 0.478. The van der Waals surface area contributed by atoms with Crippen LogP contribution >= 0.6 is 0 Å². The van der Waals surface area contributed by atoms with Gasteiger partial charge in [-0.05, 0) is 47.9 Å². The number of carbonyl (C=O) groups excluding carboxylic acids is 2. The monoisotopic (exact) mass is 484 g/mol. The third-order valence-electron chi connectivity index (χ3n) is 5.63. The first-order valence-corrected chi connectivity index (χ1v) is 10.9. The van der Waals surface area contributed by atoms with Crippen LogP contribution in [-0.4, -0.2) is 42.6 Å². The predicted molar refractivity (Wildman–Crippen MR) is 122 cm³/mol. The minimum absolute atomic E-state index is 0.0158. The van der Waals surface area contributed by atoms with Crippen molar-refractivity contribution in [3.63, 3.8) is 0 Å². The summed E-state index contributed by atoms with van der Waals surface area (Å²) in [6.07, 6.45) is 1.52. The fraction of sp³-hybridized carbons (Fsp3) is 0.240. The molecule has 2 aromatic carbocycles. The Morgan fingerprint density at radius 3 is 2.60 bits per heavy atom. The summed E-state index contributed by atoms with van der Waals surface area (Å²) in [4.78, 5) is 29.1. The minimum atomic E-state index is -0.932. The molecule has 7 nitrogen and oxygen atoms in total. The molecule has 182 valence electrons. The molecule has 0 saturated carbocycles. The van der Waals surface area contributed by atoms with Crippen molar-refractivity contribution in [2.45, 2.75) is 18.5 Å². The van der Waals surface area contributed by atoms with Crippen LogP contribution in [0.25, 0.3) is 11.1 Å². The molecule has 10 heteroatoms. The number of nitrogens with two attached hydrogens (primary N) is 1. The lowest BCUT2D eigenvalue weighted by molar-refractivity contribution is -0.126. The molecule has 2 unspecified atom stereocenters. The van der Waals surface area contributed by atoms with E-state index in [1.807, 2.05) is 0 Å². The largest absolute Gasteiger partial charge is 0.378 e. The fourth-order valence-corrected chi connectivity index (χ4v) is 4.01. The smallest absolute Gasteiger partial charge is 0.251 e. The second-order valence-electron chi connectivity index (χ2n) is 8.12. The molecule has 1 aromatic heterocycles. The van der Waals surface area contributed by atoms with Gasteiger partial charge < -0.3 is 21.1 Å². The van der Waals surface area contributed by atoms with E-state index >= 15 is 0 Å². The van der Waals surface area contributed by atoms with Gasteiger partial charge in [0.05, 0.1) is 30.5 Å². The standard InChI is InChI=1S/C25H23F3N4O3/c26-16-8-14(9-17(27)12-16)10-21(32-25(34)22-13-35-7-6-30-22)23-18(2-1-5-31-23)15-3-4-20(28)19(11-15)24(29)33/h1-5,8-9,11-12,21-22,30H,6-7,10,13H2,(H2,29,33)(H,32,34). The Morgan fingerprint density at radius 2 is 1.91 bits per heavy atom. The molecule has 0 bridgehead atoms. The highest BCUT2D eigenvalue weighted by Gasteiger charge is 2.27. The summed E-state index contributed by atoms with van der Waals surface area (Å²) in [7, 11) is 0. The van der Waals surface area contributed by atoms with Gasteiger partial charge in [-0.25, -0.2) is 13.2 Å². The molecule has 0 aliphatic carbocycles. The lowest BCUT2D eigenvalue weighted by Gasteiger charge is -2.27. The first kappa shape index (κ1) is 24.4. The third kappa shape index (κ3) is 5.84. The molecule has 35 heavy (non-hydrogen) atoms. The third-order valence-corrected chi connectivity index (χ3v) is 5.63. The van der Waals surface area contributed by atoms with Crippen molar-refractivity contribution in [2.24, 2.45) is 5.73 Å². The van der Waals surface area contributed by atoms with E-state index in [2.05, 4.69) is 15.6 Å². The number of halogens is 3. The number of aromatic nitrogens is 1. The summed E-state index contributed by atoms with van der Waals surface area (Å²) in [6, 6.07) is 8.89. The molecule has 0 radical (unpaired) electrons. The van der Waals surface area contributed by atoms with Crippen LogP contribution in [0, 0.1) is 17.5 Å². The van der Waals surface area contributed by atoms with E-state index in [9.17, 15) is 22.8 Å². The number of primary amides is 1. The fourth-order valence-electron chi connectivity index (χ4n) is 4.01. The molecular formula is C25H23F3N4O3. The summed E-state index contributed by atoms with van der Waals surface area (Å²) in [5, 5.41) is 5.95. The minimum Gasteiger partial charge on any atom is -0.378 e. The van der Waals surface area contributed by atoms with E-state index in [0.717, 1.165) is 12.1 Å². The average Bonchev–Trinajstić information content (AvgIpc) is 2.83. The van der Waals surface area contributed by atoms with Crippen LogP contribution in [0.1, 0.15) is 27.7 Å². The van der Waals surface area contributed by atoms with Crippen molar-refractivity contribution in [3.05, 3.63) is 89.0 Å². The van der Waals surface area contributed by atoms with Gasteiger partial charge in [-0.3, -0.25) is 14.6 Å². The molecule has 1 saturated heterocycles. The average molecular weight is 484 g/mol. The topological polar surface area (TPSA) is 106 Å². The Balaban J connectivity index is 1.75. The van der Waals surface area contributed by atoms with E-state index in [1.54, 1.807) is 12.1 Å². The number of hydrogen-bond donors (Lipinski definition) is 3. The zero-order valence-corrected chi connectivity index (χ0v) is 18.6. The van der Waals surface area contributed by atoms with Crippen LogP contribution in [0.2, 0.25) is 0 Å². The number of hydrogen-bond acceptors (Lipinski definition) is 5. The summed E-state index contributed by atoms with van der Waals surface area (Å²) >= 11 is 0. The van der Waals surface area contributed by atoms with Crippen LogP contribution in [0.5, 0.6) is 0 Å². The highest BCUT2D eigenvalue weighted by Crippen LogP contribution is 2.30. The molecule has 1 aliphatic rings. The van der Waals surface area contributed by atoms with Crippen LogP contribution in [0.15, 0.2) is 54.7 Å². The molecule has 1 fully saturated rings. The molecule has 2 atom stereocenters. The van der Waals surface area contributed by atoms with Gasteiger partial charge in [0.15, 0.2) is 0 Å². The van der Waals surface area contributed by atoms with E-state index < -0.39 is 35.4 Å². The Kier molecular flexibility index (Phi) is 7.42. The number of pyridine rings is 1. The van der Waals surface area contributed by atoms with E-state index in [-0.39, 0.29) is 24.5 Å². The molecule has 1 aliphatic heterocycles. The maximum Gasteiger partial charge on any atom is 0.251 e. The van der Waals surface area contributed by atoms with Crippen molar-refractivity contribution in [2.75, 3.05) is 19.8 Å². The second-order valence-corrected chi connectivity index (χ2v) is 8.12. The van der Waals surface area contributed by atoms with Gasteiger partial charge in [-0.1, -0.05) is 12.1 Å². The summed E-state index contributed by atoms with van der Waals surface area (Å²) in [6.45, 7) is 1.15. The van der Waals surface area contributed by atoms with E-state index in [0.29, 0.717) is 35.5 Å². The van der Waals surface area contributed by atoms with Crippen LogP contribution in [-0.2, 0) is 16.0 Å². The lowest BCUT2D eigenvalue weighted by atomic mass is 9.94. The number of benzene rings is 2. The molecule has 3 aromatic rings. The maximum absolute atomic E-state index is 14.1. The number of nitrogens with zero attached hydrogens (tertiary/aromatic N) is 1. The normalized spacial score (nSPS) is 16.5. The summed E-state index contributed by atoms with van der Waals surface area (Å²) in [5.74, 6) is -3.58. The maximum atomic E-state index is 14.1. The van der Waals surface area contributed by atoms with Crippen LogP contribution in [0.4, 0.5) is 13.2 Å². The van der Waals surface area contributed by atoms with E-state index in [4.69, 9.17) is 10.5 Å². The van der Waals surface area contributed by atoms with Gasteiger partial charge in [-0.15, -0.1) is 0 Å². The first-order valence-electron chi connectivity index (χ1n) is 10.9. The highest BCUT2D eigenvalue weighted by atomic mass is 19.1. The molecule has 4 rings (SSSR count). The van der Waals surface area contributed by atoms with Gasteiger partial charge >= 0.3 is 0 Å². The van der Waals surface area contributed by atoms with Crippen molar-refractivity contribution in [1.29, 1.82) is 0 Å². The van der Waals surface area contributed by atoms with Gasteiger partial charge in [0.2, 0.25) is 5.91 Å². The Bertz CT molecular complexity index is 1230. The van der Waals surface area contributed by atoms with Gasteiger partial charge in [0, 0.05) is 24.4 Å². The first-order chi connectivity index (χ1) is 16.8. The summed E-state index contributed by atoms with van der Waals surface area (Å²) in [5.41, 5.74) is 6.59. The van der Waals surface area contributed by atoms with Crippen molar-refractivity contribution >= 4 is 11.8 Å². The predicted octanol–water partition coefficient (Wildman–Crippen LogP) is 2.65. The molecule has 2 amide bonds. The lowest BCUT2D eigenvalue weighted by Crippen LogP contribution is -2.52. The molecule has 0 spiro atoms. The van der Waals surface area contributed by atoms with Crippen molar-refractivity contribution in [1.82, 2.24) is 15.6 Å². The van der Waals surface area contributed by atoms with Crippen molar-refractivity contribution < 1.29 is 27.5 Å². The molecule has 4 N–H and O–H groups in total. The second kappa shape index (κ2) is 10.7. The Hall–Kier alpha value is -3.76. The zero-order chi connectivity index (χ0) is 24.9. The number of morpholine rings is 1. The van der Waals surface area contributed by atoms with E-state index in [1.165, 1.54) is 30.5 Å². The molecule has 2 heterocycles. The molecular weight excluding hydrogens is 461 g/mol. The Morgan fingerprint density at radius 1 is 1.14 bits per heavy atom. The van der Waals surface area contributed by atoms with Gasteiger partial charge in [0.25, 0.3) is 5.91 Å². The number of nitrogens with one attached hydrogen (secondary N) is 2. The SMILES string of the molecule is NC(=O)c1cc(-c2cccnc2C(Cc2cc(F)cc(F)c2)NC(=O)C2COCCN2)ccc1F. The number of carbonyl (C=O) groups is 2. The van der Waals surface area contributed by atoms with Gasteiger partial charge in [0.1, 0.15) is 23.5 Å².